The van der Waals surface area contributed by atoms with Crippen LogP contribution in [0.2, 0.25) is 0 Å². The van der Waals surface area contributed by atoms with Gasteiger partial charge in [0.15, 0.2) is 0 Å². The molecule has 0 aliphatic rings. The molecule has 0 fully saturated rings. The third-order valence-electron chi connectivity index (χ3n) is 3.23. The molecule has 0 unspecified atom stereocenters. The highest BCUT2D eigenvalue weighted by atomic mass is 32.2. The largest absolute Gasteiger partial charge is 0.508 e. The SMILES string of the molecule is COc1cc(O)cc(Nc2ncnc3ccc(SC)cc23)c1. The van der Waals surface area contributed by atoms with Crippen LogP contribution in [0, 0.1) is 0 Å². The third kappa shape index (κ3) is 2.92. The number of hydrogen-bond donors (Lipinski definition) is 2. The molecule has 22 heavy (non-hydrogen) atoms. The highest BCUT2D eigenvalue weighted by Crippen LogP contribution is 2.30. The van der Waals surface area contributed by atoms with E-state index < -0.39 is 0 Å². The van der Waals surface area contributed by atoms with Gasteiger partial charge in [-0.05, 0) is 24.5 Å². The Hall–Kier alpha value is -2.47. The van der Waals surface area contributed by atoms with E-state index in [1.165, 1.54) is 6.33 Å². The summed E-state index contributed by atoms with van der Waals surface area (Å²) in [6.45, 7) is 0. The van der Waals surface area contributed by atoms with Crippen LogP contribution in [-0.4, -0.2) is 28.4 Å². The minimum absolute atomic E-state index is 0.130. The predicted molar refractivity (Wildman–Crippen MR) is 89.3 cm³/mol. The summed E-state index contributed by atoms with van der Waals surface area (Å²) in [4.78, 5) is 9.72. The molecule has 0 saturated carbocycles. The Balaban J connectivity index is 2.05. The predicted octanol–water partition coefficient (Wildman–Crippen LogP) is 3.81. The van der Waals surface area contributed by atoms with Crippen molar-refractivity contribution in [3.05, 3.63) is 42.7 Å². The van der Waals surface area contributed by atoms with E-state index in [-0.39, 0.29) is 5.75 Å². The Kier molecular flexibility index (Phi) is 4.02. The topological polar surface area (TPSA) is 67.3 Å². The Morgan fingerprint density at radius 2 is 2.00 bits per heavy atom. The van der Waals surface area contributed by atoms with Gasteiger partial charge in [0.2, 0.25) is 0 Å². The maximum absolute atomic E-state index is 9.74. The maximum Gasteiger partial charge on any atom is 0.141 e. The van der Waals surface area contributed by atoms with Crippen molar-refractivity contribution in [2.75, 3.05) is 18.7 Å². The number of fused-ring (bicyclic) bond motifs is 1. The van der Waals surface area contributed by atoms with E-state index in [4.69, 9.17) is 4.74 Å². The van der Waals surface area contributed by atoms with E-state index in [1.54, 1.807) is 37.1 Å². The average Bonchev–Trinajstić information content (AvgIpc) is 2.54. The van der Waals surface area contributed by atoms with Gasteiger partial charge in [0, 0.05) is 34.2 Å². The summed E-state index contributed by atoms with van der Waals surface area (Å²) in [6.07, 6.45) is 3.54. The molecule has 3 aromatic rings. The molecule has 0 aliphatic carbocycles. The van der Waals surface area contributed by atoms with E-state index in [0.717, 1.165) is 15.8 Å². The molecule has 0 bridgehead atoms. The fourth-order valence-corrected chi connectivity index (χ4v) is 2.61. The van der Waals surface area contributed by atoms with Gasteiger partial charge in [-0.25, -0.2) is 9.97 Å². The molecule has 0 spiro atoms. The average molecular weight is 313 g/mol. The number of aromatic hydroxyl groups is 1. The van der Waals surface area contributed by atoms with Crippen LogP contribution >= 0.6 is 11.8 Å². The van der Waals surface area contributed by atoms with Gasteiger partial charge in [-0.2, -0.15) is 0 Å². The van der Waals surface area contributed by atoms with Crippen LogP contribution in [0.1, 0.15) is 0 Å². The first-order valence-electron chi connectivity index (χ1n) is 6.63. The molecule has 2 N–H and O–H groups in total. The van der Waals surface area contributed by atoms with Crippen LogP contribution in [0.15, 0.2) is 47.6 Å². The fourth-order valence-electron chi connectivity index (χ4n) is 2.17. The van der Waals surface area contributed by atoms with Crippen LogP contribution in [0.3, 0.4) is 0 Å². The number of nitrogens with zero attached hydrogens (tertiary/aromatic N) is 2. The van der Waals surface area contributed by atoms with Crippen molar-refractivity contribution < 1.29 is 9.84 Å². The number of thioether (sulfide) groups is 1. The minimum Gasteiger partial charge on any atom is -0.508 e. The molecule has 2 aromatic carbocycles. The second-order valence-corrected chi connectivity index (χ2v) is 5.53. The van der Waals surface area contributed by atoms with Crippen LogP contribution in [0.5, 0.6) is 11.5 Å². The van der Waals surface area contributed by atoms with Crippen LogP contribution in [0.4, 0.5) is 11.5 Å². The lowest BCUT2D eigenvalue weighted by atomic mass is 10.2. The number of phenolic OH excluding ortho intramolecular Hbond substituents is 1. The molecule has 5 nitrogen and oxygen atoms in total. The summed E-state index contributed by atoms with van der Waals surface area (Å²) in [5, 5.41) is 13.9. The number of hydrogen-bond acceptors (Lipinski definition) is 6. The second-order valence-electron chi connectivity index (χ2n) is 4.65. The van der Waals surface area contributed by atoms with Crippen molar-refractivity contribution in [1.82, 2.24) is 9.97 Å². The normalized spacial score (nSPS) is 10.6. The number of rotatable bonds is 4. The maximum atomic E-state index is 9.74. The Morgan fingerprint density at radius 1 is 1.14 bits per heavy atom. The zero-order valence-corrected chi connectivity index (χ0v) is 13.0. The lowest BCUT2D eigenvalue weighted by Gasteiger charge is -2.11. The number of benzene rings is 2. The van der Waals surface area contributed by atoms with Gasteiger partial charge >= 0.3 is 0 Å². The molecular formula is C16H15N3O2S. The monoisotopic (exact) mass is 313 g/mol. The summed E-state index contributed by atoms with van der Waals surface area (Å²) >= 11 is 1.66. The molecule has 0 aliphatic heterocycles. The smallest absolute Gasteiger partial charge is 0.141 e. The highest BCUT2D eigenvalue weighted by Gasteiger charge is 2.07. The van der Waals surface area contributed by atoms with Gasteiger partial charge < -0.3 is 15.2 Å². The van der Waals surface area contributed by atoms with Crippen molar-refractivity contribution in [1.29, 1.82) is 0 Å². The number of phenols is 1. The summed E-state index contributed by atoms with van der Waals surface area (Å²) < 4.78 is 5.16. The number of nitrogens with one attached hydrogen (secondary N) is 1. The van der Waals surface area contributed by atoms with Crippen LogP contribution < -0.4 is 10.1 Å². The molecule has 0 amide bonds. The molecule has 0 atom stereocenters. The van der Waals surface area contributed by atoms with Crippen molar-refractivity contribution in [3.8, 4) is 11.5 Å². The molecule has 1 aromatic heterocycles. The van der Waals surface area contributed by atoms with Gasteiger partial charge in [0.1, 0.15) is 23.6 Å². The first-order chi connectivity index (χ1) is 10.7. The Bertz CT molecular complexity index is 824. The lowest BCUT2D eigenvalue weighted by molar-refractivity contribution is 0.408. The molecule has 0 saturated heterocycles. The summed E-state index contributed by atoms with van der Waals surface area (Å²) in [5.41, 5.74) is 1.56. The standard InChI is InChI=1S/C16H15N3O2S/c1-21-12-6-10(5-11(20)7-12)19-16-14-8-13(22-2)3-4-15(14)17-9-18-16/h3-9,20H,1-2H3,(H,17,18,19). The molecular weight excluding hydrogens is 298 g/mol. The highest BCUT2D eigenvalue weighted by molar-refractivity contribution is 7.98. The zero-order valence-electron chi connectivity index (χ0n) is 12.2. The zero-order chi connectivity index (χ0) is 15.5. The fraction of sp³-hybridized carbons (Fsp3) is 0.125. The van der Waals surface area contributed by atoms with Crippen molar-refractivity contribution in [3.63, 3.8) is 0 Å². The van der Waals surface area contributed by atoms with Gasteiger partial charge in [-0.3, -0.25) is 0 Å². The van der Waals surface area contributed by atoms with Crippen LogP contribution in [0.25, 0.3) is 10.9 Å². The van der Waals surface area contributed by atoms with Gasteiger partial charge in [-0.15, -0.1) is 11.8 Å². The number of anilines is 2. The molecule has 3 rings (SSSR count). The van der Waals surface area contributed by atoms with E-state index >= 15 is 0 Å². The molecule has 6 heteroatoms. The summed E-state index contributed by atoms with van der Waals surface area (Å²) in [5.74, 6) is 1.39. The Labute approximate surface area is 132 Å². The molecule has 0 radical (unpaired) electrons. The lowest BCUT2D eigenvalue weighted by Crippen LogP contribution is -1.96. The van der Waals surface area contributed by atoms with E-state index in [9.17, 15) is 5.11 Å². The molecule has 1 heterocycles. The first kappa shape index (κ1) is 14.5. The van der Waals surface area contributed by atoms with E-state index in [1.807, 2.05) is 24.5 Å². The Morgan fingerprint density at radius 3 is 2.77 bits per heavy atom. The van der Waals surface area contributed by atoms with Crippen molar-refractivity contribution in [2.45, 2.75) is 4.90 Å². The van der Waals surface area contributed by atoms with Gasteiger partial charge in [0.25, 0.3) is 0 Å². The first-order valence-corrected chi connectivity index (χ1v) is 7.86. The number of aromatic nitrogens is 2. The second kappa shape index (κ2) is 6.11. The van der Waals surface area contributed by atoms with E-state index in [2.05, 4.69) is 15.3 Å². The van der Waals surface area contributed by atoms with Crippen molar-refractivity contribution in [2.24, 2.45) is 0 Å². The van der Waals surface area contributed by atoms with Gasteiger partial charge in [0.05, 0.1) is 12.6 Å². The van der Waals surface area contributed by atoms with Crippen LogP contribution in [-0.2, 0) is 0 Å². The quantitative estimate of drug-likeness (QED) is 0.714. The number of methoxy groups -OCH3 is 1. The van der Waals surface area contributed by atoms with Crippen molar-refractivity contribution >= 4 is 34.2 Å². The third-order valence-corrected chi connectivity index (χ3v) is 3.96. The van der Waals surface area contributed by atoms with Gasteiger partial charge in [-0.1, -0.05) is 0 Å². The summed E-state index contributed by atoms with van der Waals surface area (Å²) in [6, 6.07) is 11.0. The summed E-state index contributed by atoms with van der Waals surface area (Å²) in [7, 11) is 1.56. The molecule has 112 valence electrons. The minimum atomic E-state index is 0.130. The van der Waals surface area contributed by atoms with E-state index in [0.29, 0.717) is 17.3 Å². The number of ether oxygens (including phenoxy) is 1.